The molecule has 148 valence electrons. The highest BCUT2D eigenvalue weighted by atomic mass is 32.1. The van der Waals surface area contributed by atoms with E-state index in [0.29, 0.717) is 42.1 Å². The Bertz CT molecular complexity index is 787. The smallest absolute Gasteiger partial charge is 0.353 e. The molecule has 6 nitrogen and oxygen atoms in total. The van der Waals surface area contributed by atoms with Crippen LogP contribution in [-0.4, -0.2) is 35.3 Å². The van der Waals surface area contributed by atoms with Crippen molar-refractivity contribution in [3.63, 3.8) is 0 Å². The van der Waals surface area contributed by atoms with Gasteiger partial charge in [0.15, 0.2) is 4.80 Å². The number of amides is 1. The number of carbonyl (C=O) groups is 2. The van der Waals surface area contributed by atoms with E-state index in [-0.39, 0.29) is 17.0 Å². The van der Waals surface area contributed by atoms with Gasteiger partial charge in [-0.25, -0.2) is 4.79 Å². The van der Waals surface area contributed by atoms with Crippen molar-refractivity contribution in [2.75, 3.05) is 13.7 Å². The van der Waals surface area contributed by atoms with Crippen LogP contribution < -0.4 is 4.80 Å². The van der Waals surface area contributed by atoms with E-state index in [1.165, 1.54) is 30.6 Å². The second-order valence-electron chi connectivity index (χ2n) is 8.57. The zero-order chi connectivity index (χ0) is 19.2. The molecular weight excluding hydrogens is 364 g/mol. The Morgan fingerprint density at radius 2 is 1.81 bits per heavy atom. The average molecular weight is 393 g/mol. The van der Waals surface area contributed by atoms with Gasteiger partial charge in [-0.2, -0.15) is 4.99 Å². The summed E-state index contributed by atoms with van der Waals surface area (Å²) in [5, 5.41) is 9.67. The fourth-order valence-corrected chi connectivity index (χ4v) is 7.07. The number of methoxy groups -OCH3 is 1. The van der Waals surface area contributed by atoms with Gasteiger partial charge in [-0.3, -0.25) is 4.79 Å². The number of aromatic nitrogens is 1. The van der Waals surface area contributed by atoms with Crippen molar-refractivity contribution in [1.82, 2.24) is 4.57 Å². The fourth-order valence-electron chi connectivity index (χ4n) is 5.99. The molecule has 1 amide bonds. The zero-order valence-corrected chi connectivity index (χ0v) is 16.9. The lowest BCUT2D eigenvalue weighted by molar-refractivity contribution is -0.142. The van der Waals surface area contributed by atoms with Crippen molar-refractivity contribution >= 4 is 23.2 Å². The van der Waals surface area contributed by atoms with Crippen LogP contribution in [0.5, 0.6) is 0 Å². The first-order chi connectivity index (χ1) is 13.0. The topological polar surface area (TPSA) is 80.9 Å². The molecule has 0 atom stereocenters. The number of carboxylic acid groups (broad SMARTS) is 1. The maximum absolute atomic E-state index is 13.3. The SMILES string of the molecule is CCc1s/c(=N\C(=O)C23CC4CC(CC(C4)C2)C3)n(CCOC)c1C(=O)O. The van der Waals surface area contributed by atoms with E-state index in [1.54, 1.807) is 11.7 Å². The minimum atomic E-state index is -0.970. The minimum Gasteiger partial charge on any atom is -0.477 e. The molecule has 1 N–H and O–H groups in total. The first-order valence-corrected chi connectivity index (χ1v) is 10.8. The first kappa shape index (κ1) is 18.9. The second kappa shape index (κ2) is 7.17. The van der Waals surface area contributed by atoms with Crippen LogP contribution in [0.25, 0.3) is 0 Å². The van der Waals surface area contributed by atoms with E-state index in [9.17, 15) is 14.7 Å². The quantitative estimate of drug-likeness (QED) is 0.807. The summed E-state index contributed by atoms with van der Waals surface area (Å²) in [6.45, 7) is 2.71. The van der Waals surface area contributed by atoms with Crippen LogP contribution in [0.15, 0.2) is 4.99 Å². The molecule has 5 rings (SSSR count). The number of aryl methyl sites for hydroxylation is 1. The molecule has 4 aliphatic carbocycles. The van der Waals surface area contributed by atoms with Gasteiger partial charge in [0, 0.05) is 18.5 Å². The van der Waals surface area contributed by atoms with Gasteiger partial charge in [0.25, 0.3) is 5.91 Å². The summed E-state index contributed by atoms with van der Waals surface area (Å²) in [4.78, 5) is 30.9. The Balaban J connectivity index is 1.73. The van der Waals surface area contributed by atoms with Crippen LogP contribution in [0.2, 0.25) is 0 Å². The van der Waals surface area contributed by atoms with E-state index in [1.807, 2.05) is 6.92 Å². The van der Waals surface area contributed by atoms with Crippen LogP contribution in [0, 0.1) is 23.2 Å². The van der Waals surface area contributed by atoms with Crippen LogP contribution in [-0.2, 0) is 22.5 Å². The third-order valence-electron chi connectivity index (χ3n) is 6.71. The van der Waals surface area contributed by atoms with Crippen LogP contribution in [0.1, 0.15) is 60.8 Å². The highest BCUT2D eigenvalue weighted by Crippen LogP contribution is 2.60. The number of aromatic carboxylic acids is 1. The molecule has 4 fully saturated rings. The molecule has 4 bridgehead atoms. The maximum atomic E-state index is 13.3. The van der Waals surface area contributed by atoms with Gasteiger partial charge in [-0.15, -0.1) is 11.3 Å². The predicted molar refractivity (Wildman–Crippen MR) is 102 cm³/mol. The van der Waals surface area contributed by atoms with Crippen molar-refractivity contribution in [3.8, 4) is 0 Å². The van der Waals surface area contributed by atoms with Gasteiger partial charge >= 0.3 is 5.97 Å². The van der Waals surface area contributed by atoms with E-state index in [0.717, 1.165) is 24.1 Å². The van der Waals surface area contributed by atoms with E-state index in [2.05, 4.69) is 4.99 Å². The van der Waals surface area contributed by atoms with Gasteiger partial charge in [0.05, 0.1) is 12.0 Å². The van der Waals surface area contributed by atoms with E-state index < -0.39 is 5.97 Å². The van der Waals surface area contributed by atoms with Crippen LogP contribution in [0.3, 0.4) is 0 Å². The predicted octanol–water partition coefficient (Wildman–Crippen LogP) is 3.10. The Morgan fingerprint density at radius 3 is 2.30 bits per heavy atom. The summed E-state index contributed by atoms with van der Waals surface area (Å²) >= 11 is 1.34. The van der Waals surface area contributed by atoms with Gasteiger partial charge in [-0.05, 0) is 62.7 Å². The number of ether oxygens (including phenoxy) is 1. The molecule has 4 aliphatic rings. The van der Waals surface area contributed by atoms with Crippen molar-refractivity contribution in [3.05, 3.63) is 15.4 Å². The number of carbonyl (C=O) groups excluding carboxylic acids is 1. The molecule has 4 saturated carbocycles. The van der Waals surface area contributed by atoms with E-state index in [4.69, 9.17) is 4.74 Å². The molecular formula is C20H28N2O4S. The minimum absolute atomic E-state index is 0.0198. The molecule has 1 aromatic rings. The summed E-state index contributed by atoms with van der Waals surface area (Å²) in [6.07, 6.45) is 7.36. The molecule has 0 saturated heterocycles. The van der Waals surface area contributed by atoms with Crippen molar-refractivity contribution in [2.45, 2.75) is 58.4 Å². The van der Waals surface area contributed by atoms with Gasteiger partial charge in [-0.1, -0.05) is 6.92 Å². The standard InChI is InChI=1S/C20H28N2O4S/c1-3-15-16(17(23)24)22(4-5-26-2)19(27-15)21-18(25)20-9-12-6-13(10-20)8-14(7-12)11-20/h12-14H,3-11H2,1-2H3,(H,23,24)/b21-19-. The highest BCUT2D eigenvalue weighted by molar-refractivity contribution is 7.09. The lowest BCUT2D eigenvalue weighted by atomic mass is 9.49. The van der Waals surface area contributed by atoms with Crippen molar-refractivity contribution < 1.29 is 19.4 Å². The van der Waals surface area contributed by atoms with Crippen molar-refractivity contribution in [2.24, 2.45) is 28.2 Å². The summed E-state index contributed by atoms with van der Waals surface area (Å²) in [6, 6.07) is 0. The third kappa shape index (κ3) is 3.29. The largest absolute Gasteiger partial charge is 0.477 e. The number of thiazole rings is 1. The molecule has 1 aromatic heterocycles. The van der Waals surface area contributed by atoms with Crippen LogP contribution >= 0.6 is 11.3 Å². The number of hydrogen-bond acceptors (Lipinski definition) is 4. The Labute approximate surface area is 163 Å². The second-order valence-corrected chi connectivity index (χ2v) is 9.64. The molecule has 1 heterocycles. The summed E-state index contributed by atoms with van der Waals surface area (Å²) < 4.78 is 6.81. The number of carboxylic acids is 1. The Morgan fingerprint density at radius 1 is 1.22 bits per heavy atom. The summed E-state index contributed by atoms with van der Waals surface area (Å²) in [7, 11) is 1.59. The molecule has 0 radical (unpaired) electrons. The summed E-state index contributed by atoms with van der Waals surface area (Å²) in [5.74, 6) is 1.05. The fraction of sp³-hybridized carbons (Fsp3) is 0.750. The van der Waals surface area contributed by atoms with Gasteiger partial charge in [0.1, 0.15) is 5.69 Å². The maximum Gasteiger partial charge on any atom is 0.353 e. The molecule has 7 heteroatoms. The monoisotopic (exact) mass is 392 g/mol. The first-order valence-electron chi connectivity index (χ1n) is 9.99. The van der Waals surface area contributed by atoms with Gasteiger partial charge < -0.3 is 14.4 Å². The molecule has 0 aliphatic heterocycles. The highest BCUT2D eigenvalue weighted by Gasteiger charge is 2.54. The number of hydrogen-bond donors (Lipinski definition) is 1. The summed E-state index contributed by atoms with van der Waals surface area (Å²) in [5.41, 5.74) is -0.0512. The Kier molecular flexibility index (Phi) is 5.01. The average Bonchev–Trinajstić information content (AvgIpc) is 2.96. The molecule has 0 aromatic carbocycles. The normalized spacial score (nSPS) is 32.2. The van der Waals surface area contributed by atoms with Crippen LogP contribution in [0.4, 0.5) is 0 Å². The lowest BCUT2D eigenvalue weighted by Gasteiger charge is -2.55. The number of rotatable bonds is 6. The third-order valence-corrected chi connectivity index (χ3v) is 7.93. The van der Waals surface area contributed by atoms with E-state index >= 15 is 0 Å². The molecule has 0 unspecified atom stereocenters. The zero-order valence-electron chi connectivity index (χ0n) is 16.1. The molecule has 27 heavy (non-hydrogen) atoms. The lowest BCUT2D eigenvalue weighted by Crippen LogP contribution is -2.50. The number of nitrogens with zero attached hydrogens (tertiary/aromatic N) is 2. The molecule has 0 spiro atoms. The van der Waals surface area contributed by atoms with Crippen molar-refractivity contribution in [1.29, 1.82) is 0 Å². The Hall–Kier alpha value is -1.47. The van der Waals surface area contributed by atoms with Gasteiger partial charge in [0.2, 0.25) is 0 Å².